The number of hydrogen-bond acceptors (Lipinski definition) is 5. The smallest absolute Gasteiger partial charge is 0.420 e. The molecule has 0 bridgehead atoms. The van der Waals surface area contributed by atoms with Gasteiger partial charge in [-0.3, -0.25) is 0 Å². The Kier molecular flexibility index (Phi) is 7.19. The summed E-state index contributed by atoms with van der Waals surface area (Å²) in [5, 5.41) is 3.01. The van der Waals surface area contributed by atoms with E-state index in [1.807, 2.05) is 19.1 Å². The number of nitrogens with zero attached hydrogens (tertiary/aromatic N) is 1. The molecule has 0 saturated carbocycles. The highest BCUT2D eigenvalue weighted by Crippen LogP contribution is 2.23. The highest BCUT2D eigenvalue weighted by molar-refractivity contribution is 7.80. The Morgan fingerprint density at radius 3 is 1.96 bits per heavy atom. The number of hydrogen-bond donors (Lipinski definition) is 2. The zero-order valence-electron chi connectivity index (χ0n) is 17.0. The Morgan fingerprint density at radius 1 is 1.07 bits per heavy atom. The van der Waals surface area contributed by atoms with Crippen molar-refractivity contribution in [1.29, 1.82) is 0 Å². The van der Waals surface area contributed by atoms with Gasteiger partial charge in [0.2, 0.25) is 0 Å². The molecule has 0 fully saturated rings. The van der Waals surface area contributed by atoms with Crippen LogP contribution in [-0.4, -0.2) is 33.4 Å². The Hall–Kier alpha value is -2.35. The number of anilines is 1. The van der Waals surface area contributed by atoms with Gasteiger partial charge in [-0.05, 0) is 77.9 Å². The molecule has 0 saturated heterocycles. The molecule has 0 aliphatic rings. The first kappa shape index (κ1) is 22.7. The third-order valence-corrected chi connectivity index (χ3v) is 3.36. The summed E-state index contributed by atoms with van der Waals surface area (Å²) >= 11 is 4.88. The molecule has 1 rings (SSSR count). The van der Waals surface area contributed by atoms with Crippen molar-refractivity contribution in [2.75, 3.05) is 5.32 Å². The molecule has 27 heavy (non-hydrogen) atoms. The molecular weight excluding hydrogens is 366 g/mol. The van der Waals surface area contributed by atoms with E-state index < -0.39 is 23.4 Å². The van der Waals surface area contributed by atoms with Crippen molar-refractivity contribution in [2.45, 2.75) is 66.2 Å². The second-order valence-corrected chi connectivity index (χ2v) is 8.57. The van der Waals surface area contributed by atoms with Crippen LogP contribution >= 0.6 is 12.2 Å². The van der Waals surface area contributed by atoms with Crippen molar-refractivity contribution in [1.82, 2.24) is 4.90 Å². The molecule has 150 valence electrons. The van der Waals surface area contributed by atoms with Crippen molar-refractivity contribution in [3.63, 3.8) is 0 Å². The lowest BCUT2D eigenvalue weighted by molar-refractivity contribution is -0.000264. The maximum atomic E-state index is 12.6. The number of benzene rings is 1. The van der Waals surface area contributed by atoms with Crippen LogP contribution in [0.2, 0.25) is 0 Å². The minimum Gasteiger partial charge on any atom is -0.443 e. The molecule has 1 aromatic rings. The fourth-order valence-electron chi connectivity index (χ4n) is 2.13. The van der Waals surface area contributed by atoms with Gasteiger partial charge in [-0.1, -0.05) is 12.1 Å². The van der Waals surface area contributed by atoms with Crippen LogP contribution in [0.5, 0.6) is 0 Å². The van der Waals surface area contributed by atoms with Crippen LogP contribution in [-0.2, 0) is 16.0 Å². The molecule has 0 aliphatic heterocycles. The molecule has 0 aliphatic carbocycles. The summed E-state index contributed by atoms with van der Waals surface area (Å²) in [5.41, 5.74) is 6.28. The van der Waals surface area contributed by atoms with Crippen molar-refractivity contribution in [3.05, 3.63) is 29.3 Å². The summed E-state index contributed by atoms with van der Waals surface area (Å²) in [6, 6.07) is 5.40. The number of carbonyl (C=O) groups excluding carboxylic acids is 2. The first-order valence-corrected chi connectivity index (χ1v) is 8.99. The molecule has 8 heteroatoms. The predicted octanol–water partition coefficient (Wildman–Crippen LogP) is 4.32. The van der Waals surface area contributed by atoms with Crippen LogP contribution in [0, 0.1) is 6.92 Å². The molecule has 2 amide bonds. The summed E-state index contributed by atoms with van der Waals surface area (Å²) < 4.78 is 10.7. The van der Waals surface area contributed by atoms with E-state index in [2.05, 4.69) is 5.32 Å². The maximum Gasteiger partial charge on any atom is 0.420 e. The molecule has 0 heterocycles. The van der Waals surface area contributed by atoms with E-state index in [0.29, 0.717) is 5.69 Å². The van der Waals surface area contributed by atoms with E-state index in [0.717, 1.165) is 16.0 Å². The van der Waals surface area contributed by atoms with Gasteiger partial charge >= 0.3 is 12.2 Å². The molecule has 0 unspecified atom stereocenters. The van der Waals surface area contributed by atoms with E-state index >= 15 is 0 Å². The largest absolute Gasteiger partial charge is 0.443 e. The second kappa shape index (κ2) is 8.56. The Labute approximate surface area is 166 Å². The average molecular weight is 396 g/mol. The lowest BCUT2D eigenvalue weighted by atomic mass is 10.1. The molecule has 0 spiro atoms. The van der Waals surface area contributed by atoms with Crippen LogP contribution in [0.4, 0.5) is 15.3 Å². The van der Waals surface area contributed by atoms with E-state index in [9.17, 15) is 9.59 Å². The predicted molar refractivity (Wildman–Crippen MR) is 110 cm³/mol. The Bertz CT molecular complexity index is 693. The SMILES string of the molecule is Cc1c(CN(C(=O)OC(C)(C)C)C(=O)OC(C)(C)C)cccc1NC(N)=S. The number of rotatable bonds is 3. The van der Waals surface area contributed by atoms with Crippen LogP contribution in [0.3, 0.4) is 0 Å². The monoisotopic (exact) mass is 395 g/mol. The van der Waals surface area contributed by atoms with Crippen LogP contribution < -0.4 is 11.1 Å². The van der Waals surface area contributed by atoms with E-state index in [-0.39, 0.29) is 11.7 Å². The highest BCUT2D eigenvalue weighted by Gasteiger charge is 2.31. The summed E-state index contributed by atoms with van der Waals surface area (Å²) in [6.45, 7) is 12.2. The number of thiocarbonyl (C=S) groups is 1. The molecule has 1 aromatic carbocycles. The Balaban J connectivity index is 3.19. The van der Waals surface area contributed by atoms with Crippen LogP contribution in [0.25, 0.3) is 0 Å². The van der Waals surface area contributed by atoms with Crippen LogP contribution in [0.15, 0.2) is 18.2 Å². The van der Waals surface area contributed by atoms with Gasteiger partial charge in [0, 0.05) is 5.69 Å². The van der Waals surface area contributed by atoms with Crippen LogP contribution in [0.1, 0.15) is 52.7 Å². The van der Waals surface area contributed by atoms with Crippen molar-refractivity contribution in [2.24, 2.45) is 5.73 Å². The van der Waals surface area contributed by atoms with E-state index in [4.69, 9.17) is 27.4 Å². The molecule has 0 radical (unpaired) electrons. The minimum absolute atomic E-state index is 0.0114. The first-order valence-electron chi connectivity index (χ1n) is 8.58. The molecular formula is C19H29N3O4S. The van der Waals surface area contributed by atoms with Gasteiger partial charge in [0.1, 0.15) is 11.2 Å². The summed E-state index contributed by atoms with van der Waals surface area (Å²) in [6.07, 6.45) is -1.55. The zero-order valence-corrected chi connectivity index (χ0v) is 17.8. The normalized spacial score (nSPS) is 11.5. The van der Waals surface area contributed by atoms with E-state index in [1.165, 1.54) is 0 Å². The fourth-order valence-corrected chi connectivity index (χ4v) is 2.24. The quantitative estimate of drug-likeness (QED) is 0.736. The molecule has 0 aromatic heterocycles. The van der Waals surface area contributed by atoms with E-state index in [1.54, 1.807) is 47.6 Å². The van der Waals surface area contributed by atoms with Gasteiger partial charge in [-0.25, -0.2) is 14.5 Å². The van der Waals surface area contributed by atoms with Crippen molar-refractivity contribution in [3.8, 4) is 0 Å². The zero-order chi connectivity index (χ0) is 21.0. The number of carbonyl (C=O) groups is 2. The summed E-state index contributed by atoms with van der Waals surface area (Å²) in [5.74, 6) is 0. The highest BCUT2D eigenvalue weighted by atomic mass is 32.1. The number of nitrogens with two attached hydrogens (primary N) is 1. The lowest BCUT2D eigenvalue weighted by Crippen LogP contribution is -2.43. The first-order chi connectivity index (χ1) is 12.2. The number of ether oxygens (including phenoxy) is 2. The second-order valence-electron chi connectivity index (χ2n) is 8.13. The van der Waals surface area contributed by atoms with Gasteiger partial charge < -0.3 is 20.5 Å². The number of amides is 2. The van der Waals surface area contributed by atoms with Crippen molar-refractivity contribution >= 4 is 35.2 Å². The number of imide groups is 1. The van der Waals surface area contributed by atoms with Gasteiger partial charge in [0.05, 0.1) is 6.54 Å². The third-order valence-electron chi connectivity index (χ3n) is 3.26. The Morgan fingerprint density at radius 2 is 1.56 bits per heavy atom. The average Bonchev–Trinajstić information content (AvgIpc) is 2.43. The topological polar surface area (TPSA) is 93.9 Å². The third kappa shape index (κ3) is 7.82. The standard InChI is InChI=1S/C19H29N3O4S/c1-12-13(9-8-10-14(12)21-15(20)27)11-22(16(23)25-18(2,3)4)17(24)26-19(5,6)7/h8-10H,11H2,1-7H3,(H3,20,21,27). The van der Waals surface area contributed by atoms with Gasteiger partial charge in [0.15, 0.2) is 5.11 Å². The summed E-state index contributed by atoms with van der Waals surface area (Å²) in [7, 11) is 0. The minimum atomic E-state index is -0.774. The molecule has 3 N–H and O–H groups in total. The molecule has 0 atom stereocenters. The lowest BCUT2D eigenvalue weighted by Gasteiger charge is -2.29. The van der Waals surface area contributed by atoms with Gasteiger partial charge in [-0.2, -0.15) is 0 Å². The maximum absolute atomic E-state index is 12.6. The van der Waals surface area contributed by atoms with Crippen molar-refractivity contribution < 1.29 is 19.1 Å². The molecule has 7 nitrogen and oxygen atoms in total. The summed E-state index contributed by atoms with van der Waals surface area (Å²) in [4.78, 5) is 26.2. The van der Waals surface area contributed by atoms with Gasteiger partial charge in [-0.15, -0.1) is 0 Å². The number of nitrogens with one attached hydrogen (secondary N) is 1. The van der Waals surface area contributed by atoms with Gasteiger partial charge in [0.25, 0.3) is 0 Å². The fraction of sp³-hybridized carbons (Fsp3) is 0.526.